The van der Waals surface area contributed by atoms with Gasteiger partial charge in [-0.05, 0) is 32.1 Å². The molecule has 2 fully saturated rings. The highest BCUT2D eigenvalue weighted by Crippen LogP contribution is 2.28. The first-order valence-electron chi connectivity index (χ1n) is 7.18. The Morgan fingerprint density at radius 1 is 1.16 bits per heavy atom. The van der Waals surface area contributed by atoms with Crippen LogP contribution in [0, 0.1) is 5.92 Å². The average molecular weight is 271 g/mol. The van der Waals surface area contributed by atoms with Crippen LogP contribution < -0.4 is 5.32 Å². The number of methoxy groups -OCH3 is 2. The molecule has 2 rings (SSSR count). The average Bonchev–Trinajstić information content (AvgIpc) is 2.86. The van der Waals surface area contributed by atoms with Crippen molar-refractivity contribution < 1.29 is 19.0 Å². The number of rotatable bonds is 5. The topological polar surface area (TPSA) is 56.8 Å². The number of carbonyl (C=O) groups is 1. The molecule has 5 nitrogen and oxygen atoms in total. The Morgan fingerprint density at radius 3 is 2.53 bits per heavy atom. The van der Waals surface area contributed by atoms with Crippen LogP contribution in [-0.2, 0) is 19.0 Å². The molecule has 1 saturated carbocycles. The van der Waals surface area contributed by atoms with Crippen molar-refractivity contribution in [3.63, 3.8) is 0 Å². The van der Waals surface area contributed by atoms with Gasteiger partial charge >= 0.3 is 5.97 Å². The Balaban J connectivity index is 1.67. The highest BCUT2D eigenvalue weighted by atomic mass is 16.5. The van der Waals surface area contributed by atoms with Gasteiger partial charge in [-0.1, -0.05) is 0 Å². The summed E-state index contributed by atoms with van der Waals surface area (Å²) in [6, 6.07) is 0.418. The summed E-state index contributed by atoms with van der Waals surface area (Å²) in [6.07, 6.45) is 5.31. The fourth-order valence-electron chi connectivity index (χ4n) is 3.09. The lowest BCUT2D eigenvalue weighted by atomic mass is 9.87. The van der Waals surface area contributed by atoms with Gasteiger partial charge in [-0.2, -0.15) is 0 Å². The molecule has 1 N–H and O–H groups in total. The Morgan fingerprint density at radius 2 is 1.89 bits per heavy atom. The van der Waals surface area contributed by atoms with Gasteiger partial charge in [0.05, 0.1) is 31.8 Å². The summed E-state index contributed by atoms with van der Waals surface area (Å²) < 4.78 is 16.1. The maximum absolute atomic E-state index is 11.4. The molecule has 0 spiro atoms. The standard InChI is InChI=1S/C14H25NO4/c1-17-9-11-7-13(8-15-11)19-12-5-3-10(4-6-12)14(16)18-2/h10-13,15H,3-9H2,1-2H3/t10?,11-,12?,13+/m0/s1. The quantitative estimate of drug-likeness (QED) is 0.759. The Kier molecular flexibility index (Phi) is 5.60. The largest absolute Gasteiger partial charge is 0.469 e. The first-order chi connectivity index (χ1) is 9.22. The van der Waals surface area contributed by atoms with Crippen LogP contribution in [-0.4, -0.2) is 51.6 Å². The van der Waals surface area contributed by atoms with E-state index in [1.165, 1.54) is 7.11 Å². The van der Waals surface area contributed by atoms with Crippen molar-refractivity contribution in [1.82, 2.24) is 5.32 Å². The van der Waals surface area contributed by atoms with Gasteiger partial charge in [0.2, 0.25) is 0 Å². The van der Waals surface area contributed by atoms with Crippen LogP contribution in [0.25, 0.3) is 0 Å². The molecule has 0 unspecified atom stereocenters. The van der Waals surface area contributed by atoms with Crippen molar-refractivity contribution in [2.24, 2.45) is 5.92 Å². The number of hydrogen-bond acceptors (Lipinski definition) is 5. The van der Waals surface area contributed by atoms with Crippen LogP contribution in [0.15, 0.2) is 0 Å². The van der Waals surface area contributed by atoms with Gasteiger partial charge in [-0.15, -0.1) is 0 Å². The minimum atomic E-state index is -0.0684. The minimum Gasteiger partial charge on any atom is -0.469 e. The lowest BCUT2D eigenvalue weighted by Crippen LogP contribution is -2.30. The zero-order chi connectivity index (χ0) is 13.7. The first-order valence-corrected chi connectivity index (χ1v) is 7.18. The monoisotopic (exact) mass is 271 g/mol. The maximum atomic E-state index is 11.4. The van der Waals surface area contributed by atoms with E-state index in [9.17, 15) is 4.79 Å². The molecular weight excluding hydrogens is 246 g/mol. The predicted molar refractivity (Wildman–Crippen MR) is 70.9 cm³/mol. The van der Waals surface area contributed by atoms with Crippen LogP contribution in [0.2, 0.25) is 0 Å². The summed E-state index contributed by atoms with van der Waals surface area (Å²) in [4.78, 5) is 11.4. The first kappa shape index (κ1) is 14.8. The molecule has 1 saturated heterocycles. The second-order valence-electron chi connectivity index (χ2n) is 5.55. The number of esters is 1. The highest BCUT2D eigenvalue weighted by molar-refractivity contribution is 5.72. The molecular formula is C14H25NO4. The van der Waals surface area contributed by atoms with E-state index < -0.39 is 0 Å². The molecule has 1 aliphatic heterocycles. The fraction of sp³-hybridized carbons (Fsp3) is 0.929. The fourth-order valence-corrected chi connectivity index (χ4v) is 3.09. The molecule has 0 aromatic heterocycles. The van der Waals surface area contributed by atoms with E-state index in [-0.39, 0.29) is 11.9 Å². The van der Waals surface area contributed by atoms with Gasteiger partial charge in [-0.3, -0.25) is 4.79 Å². The maximum Gasteiger partial charge on any atom is 0.308 e. The van der Waals surface area contributed by atoms with E-state index in [1.54, 1.807) is 7.11 Å². The van der Waals surface area contributed by atoms with Crippen molar-refractivity contribution in [3.8, 4) is 0 Å². The molecule has 0 aromatic carbocycles. The van der Waals surface area contributed by atoms with Gasteiger partial charge < -0.3 is 19.5 Å². The Labute approximate surface area is 115 Å². The van der Waals surface area contributed by atoms with Crippen LogP contribution in [0.4, 0.5) is 0 Å². The predicted octanol–water partition coefficient (Wildman–Crippen LogP) is 1.11. The van der Waals surface area contributed by atoms with E-state index in [4.69, 9.17) is 14.2 Å². The van der Waals surface area contributed by atoms with Gasteiger partial charge in [0, 0.05) is 19.7 Å². The number of hydrogen-bond donors (Lipinski definition) is 1. The summed E-state index contributed by atoms with van der Waals surface area (Å²) in [7, 11) is 3.19. The zero-order valence-electron chi connectivity index (χ0n) is 11.9. The molecule has 5 heteroatoms. The third kappa shape index (κ3) is 4.16. The summed E-state index contributed by atoms with van der Waals surface area (Å²) in [5.74, 6) is 0.00827. The van der Waals surface area contributed by atoms with E-state index in [1.807, 2.05) is 0 Å². The van der Waals surface area contributed by atoms with Crippen molar-refractivity contribution >= 4 is 5.97 Å². The minimum absolute atomic E-state index is 0.0684. The third-order valence-electron chi connectivity index (χ3n) is 4.14. The molecule has 0 amide bonds. The van der Waals surface area contributed by atoms with E-state index in [0.29, 0.717) is 18.2 Å². The molecule has 0 aromatic rings. The van der Waals surface area contributed by atoms with Crippen LogP contribution in [0.3, 0.4) is 0 Å². The molecule has 0 radical (unpaired) electrons. The smallest absolute Gasteiger partial charge is 0.308 e. The molecule has 2 aliphatic rings. The van der Waals surface area contributed by atoms with E-state index in [0.717, 1.165) is 45.3 Å². The van der Waals surface area contributed by atoms with Gasteiger partial charge in [0.1, 0.15) is 0 Å². The summed E-state index contributed by atoms with van der Waals surface area (Å²) in [6.45, 7) is 1.65. The summed E-state index contributed by atoms with van der Waals surface area (Å²) >= 11 is 0. The Bertz CT molecular complexity index is 289. The Hall–Kier alpha value is -0.650. The summed E-state index contributed by atoms with van der Waals surface area (Å²) in [5.41, 5.74) is 0. The van der Waals surface area contributed by atoms with Crippen molar-refractivity contribution in [3.05, 3.63) is 0 Å². The molecule has 1 aliphatic carbocycles. The number of ether oxygens (including phenoxy) is 3. The van der Waals surface area contributed by atoms with Gasteiger partial charge in [-0.25, -0.2) is 0 Å². The molecule has 0 bridgehead atoms. The SMILES string of the molecule is COC[C@@H]1C[C@@H](OC2CCC(C(=O)OC)CC2)CN1. The molecule has 1 heterocycles. The third-order valence-corrected chi connectivity index (χ3v) is 4.14. The molecule has 19 heavy (non-hydrogen) atoms. The lowest BCUT2D eigenvalue weighted by Gasteiger charge is -2.29. The zero-order valence-corrected chi connectivity index (χ0v) is 11.9. The van der Waals surface area contributed by atoms with Crippen LogP contribution >= 0.6 is 0 Å². The number of nitrogens with one attached hydrogen (secondary N) is 1. The normalized spacial score (nSPS) is 35.3. The second-order valence-corrected chi connectivity index (χ2v) is 5.55. The van der Waals surface area contributed by atoms with Crippen molar-refractivity contribution in [1.29, 1.82) is 0 Å². The van der Waals surface area contributed by atoms with Crippen LogP contribution in [0.5, 0.6) is 0 Å². The van der Waals surface area contributed by atoms with Crippen molar-refractivity contribution in [2.45, 2.75) is 50.4 Å². The van der Waals surface area contributed by atoms with Crippen LogP contribution in [0.1, 0.15) is 32.1 Å². The second kappa shape index (κ2) is 7.22. The van der Waals surface area contributed by atoms with E-state index >= 15 is 0 Å². The number of carbonyl (C=O) groups excluding carboxylic acids is 1. The van der Waals surface area contributed by atoms with Gasteiger partial charge in [0.15, 0.2) is 0 Å². The lowest BCUT2D eigenvalue weighted by molar-refractivity contribution is -0.147. The van der Waals surface area contributed by atoms with E-state index in [2.05, 4.69) is 5.32 Å². The highest BCUT2D eigenvalue weighted by Gasteiger charge is 2.31. The summed E-state index contributed by atoms with van der Waals surface area (Å²) in [5, 5.41) is 3.41. The van der Waals surface area contributed by atoms with Crippen molar-refractivity contribution in [2.75, 3.05) is 27.4 Å². The molecule has 110 valence electrons. The molecule has 2 atom stereocenters. The van der Waals surface area contributed by atoms with Gasteiger partial charge in [0.25, 0.3) is 0 Å².